The zero-order chi connectivity index (χ0) is 13.9. The Kier molecular flexibility index (Phi) is 3.65. The van der Waals surface area contributed by atoms with Gasteiger partial charge in [-0.2, -0.15) is 0 Å². The minimum Gasteiger partial charge on any atom is -0.437 e. The molecule has 2 aromatic rings. The van der Waals surface area contributed by atoms with E-state index >= 15 is 0 Å². The van der Waals surface area contributed by atoms with Crippen LogP contribution in [0.5, 0.6) is 11.6 Å². The maximum absolute atomic E-state index is 5.80. The molecule has 0 radical (unpaired) electrons. The largest absolute Gasteiger partial charge is 0.437 e. The van der Waals surface area contributed by atoms with Crippen molar-refractivity contribution in [1.29, 1.82) is 0 Å². The molecule has 0 bridgehead atoms. The van der Waals surface area contributed by atoms with Crippen molar-refractivity contribution >= 4 is 0 Å². The average Bonchev–Trinajstić information content (AvgIpc) is 3.19. The number of nitrogens with one attached hydrogen (secondary N) is 1. The number of aryl methyl sites for hydroxylation is 2. The first-order valence-electron chi connectivity index (χ1n) is 6.99. The third-order valence-corrected chi connectivity index (χ3v) is 3.23. The van der Waals surface area contributed by atoms with Gasteiger partial charge in [0.1, 0.15) is 5.75 Å². The lowest BCUT2D eigenvalue weighted by atomic mass is 10.1. The molecule has 1 aromatic heterocycles. The molecule has 1 N–H and O–H groups in total. The molecular formula is C16H19N3O. The standard InChI is InChI=1S/C16H19N3O/c1-11-5-12(2)7-15(6-11)20-16-10-17-8-14(19-16)9-18-13-3-4-13/h5-8,10,13,18H,3-4,9H2,1-2H3. The molecule has 1 heterocycles. The van der Waals surface area contributed by atoms with Crippen LogP contribution in [0.2, 0.25) is 0 Å². The van der Waals surface area contributed by atoms with Crippen LogP contribution in [0.15, 0.2) is 30.6 Å². The van der Waals surface area contributed by atoms with Crippen molar-refractivity contribution in [2.24, 2.45) is 0 Å². The molecule has 104 valence electrons. The van der Waals surface area contributed by atoms with Crippen molar-refractivity contribution in [3.8, 4) is 11.6 Å². The van der Waals surface area contributed by atoms with Crippen molar-refractivity contribution in [3.63, 3.8) is 0 Å². The second-order valence-corrected chi connectivity index (χ2v) is 5.43. The lowest BCUT2D eigenvalue weighted by Crippen LogP contribution is -2.16. The van der Waals surface area contributed by atoms with Crippen molar-refractivity contribution in [2.75, 3.05) is 0 Å². The van der Waals surface area contributed by atoms with Gasteiger partial charge in [0.2, 0.25) is 5.88 Å². The highest BCUT2D eigenvalue weighted by molar-refractivity contribution is 5.35. The topological polar surface area (TPSA) is 47.0 Å². The van der Waals surface area contributed by atoms with Gasteiger partial charge in [-0.3, -0.25) is 4.98 Å². The number of hydrogen-bond acceptors (Lipinski definition) is 4. The Balaban J connectivity index is 1.70. The van der Waals surface area contributed by atoms with Crippen LogP contribution in [0.4, 0.5) is 0 Å². The van der Waals surface area contributed by atoms with Crippen LogP contribution in [-0.4, -0.2) is 16.0 Å². The first-order chi connectivity index (χ1) is 9.69. The molecule has 4 heteroatoms. The first-order valence-corrected chi connectivity index (χ1v) is 6.99. The molecule has 0 unspecified atom stereocenters. The molecule has 0 spiro atoms. The van der Waals surface area contributed by atoms with Gasteiger partial charge in [-0.25, -0.2) is 4.98 Å². The lowest BCUT2D eigenvalue weighted by Gasteiger charge is -2.08. The van der Waals surface area contributed by atoms with Crippen LogP contribution < -0.4 is 10.1 Å². The monoisotopic (exact) mass is 269 g/mol. The summed E-state index contributed by atoms with van der Waals surface area (Å²) in [5.41, 5.74) is 3.28. The highest BCUT2D eigenvalue weighted by atomic mass is 16.5. The summed E-state index contributed by atoms with van der Waals surface area (Å²) in [4.78, 5) is 8.68. The second-order valence-electron chi connectivity index (χ2n) is 5.43. The van der Waals surface area contributed by atoms with Gasteiger partial charge in [0.25, 0.3) is 0 Å². The van der Waals surface area contributed by atoms with Crippen molar-refractivity contribution in [1.82, 2.24) is 15.3 Å². The maximum atomic E-state index is 5.80. The summed E-state index contributed by atoms with van der Waals surface area (Å²) < 4.78 is 5.80. The second kappa shape index (κ2) is 5.59. The average molecular weight is 269 g/mol. The molecule has 1 saturated carbocycles. The molecule has 0 saturated heterocycles. The molecule has 0 amide bonds. The maximum Gasteiger partial charge on any atom is 0.238 e. The number of benzene rings is 1. The number of aromatic nitrogens is 2. The van der Waals surface area contributed by atoms with Gasteiger partial charge in [-0.05, 0) is 49.9 Å². The number of hydrogen-bond donors (Lipinski definition) is 1. The van der Waals surface area contributed by atoms with E-state index in [0.717, 1.165) is 18.0 Å². The molecule has 1 aliphatic rings. The Bertz CT molecular complexity index is 588. The number of ether oxygens (including phenoxy) is 1. The molecule has 3 rings (SSSR count). The van der Waals surface area contributed by atoms with Crippen molar-refractivity contribution < 1.29 is 4.74 Å². The minimum absolute atomic E-state index is 0.546. The zero-order valence-electron chi connectivity index (χ0n) is 11.9. The third-order valence-electron chi connectivity index (χ3n) is 3.23. The molecule has 1 aromatic carbocycles. The summed E-state index contributed by atoms with van der Waals surface area (Å²) in [5, 5.41) is 3.42. The molecule has 20 heavy (non-hydrogen) atoms. The first kappa shape index (κ1) is 13.1. The van der Waals surface area contributed by atoms with Gasteiger partial charge in [0, 0.05) is 18.8 Å². The van der Waals surface area contributed by atoms with Crippen molar-refractivity contribution in [3.05, 3.63) is 47.4 Å². The van der Waals surface area contributed by atoms with Crippen LogP contribution in [0, 0.1) is 13.8 Å². The molecule has 0 aliphatic heterocycles. The number of rotatable bonds is 5. The zero-order valence-corrected chi connectivity index (χ0v) is 11.9. The summed E-state index contributed by atoms with van der Waals surface area (Å²) in [7, 11) is 0. The summed E-state index contributed by atoms with van der Waals surface area (Å²) in [5.74, 6) is 1.36. The van der Waals surface area contributed by atoms with E-state index in [1.165, 1.54) is 24.0 Å². The molecule has 0 atom stereocenters. The summed E-state index contributed by atoms with van der Waals surface area (Å²) in [6, 6.07) is 6.79. The quantitative estimate of drug-likeness (QED) is 0.906. The lowest BCUT2D eigenvalue weighted by molar-refractivity contribution is 0.455. The summed E-state index contributed by atoms with van der Waals surface area (Å²) in [6.07, 6.45) is 5.97. The Morgan fingerprint density at radius 1 is 1.15 bits per heavy atom. The fourth-order valence-electron chi connectivity index (χ4n) is 2.17. The van der Waals surface area contributed by atoms with Crippen LogP contribution in [0.3, 0.4) is 0 Å². The van der Waals surface area contributed by atoms with Crippen molar-refractivity contribution in [2.45, 2.75) is 39.3 Å². The van der Waals surface area contributed by atoms with E-state index in [1.807, 2.05) is 12.1 Å². The van der Waals surface area contributed by atoms with Crippen LogP contribution >= 0.6 is 0 Å². The highest BCUT2D eigenvalue weighted by Crippen LogP contribution is 2.22. The molecule has 1 aliphatic carbocycles. The van der Waals surface area contributed by atoms with Gasteiger partial charge in [-0.15, -0.1) is 0 Å². The smallest absolute Gasteiger partial charge is 0.238 e. The van der Waals surface area contributed by atoms with Gasteiger partial charge in [0.15, 0.2) is 0 Å². The van der Waals surface area contributed by atoms with E-state index < -0.39 is 0 Å². The van der Waals surface area contributed by atoms with E-state index in [1.54, 1.807) is 12.4 Å². The summed E-state index contributed by atoms with van der Waals surface area (Å²) in [6.45, 7) is 4.87. The van der Waals surface area contributed by atoms with Crippen LogP contribution in [0.1, 0.15) is 29.7 Å². The van der Waals surface area contributed by atoms with E-state index in [2.05, 4.69) is 35.2 Å². The van der Waals surface area contributed by atoms with Crippen LogP contribution in [0.25, 0.3) is 0 Å². The Morgan fingerprint density at radius 2 is 1.90 bits per heavy atom. The van der Waals surface area contributed by atoms with Gasteiger partial charge < -0.3 is 10.1 Å². The van der Waals surface area contributed by atoms with E-state index in [9.17, 15) is 0 Å². The van der Waals surface area contributed by atoms with Gasteiger partial charge >= 0.3 is 0 Å². The normalized spacial score (nSPS) is 14.3. The Morgan fingerprint density at radius 3 is 2.60 bits per heavy atom. The van der Waals surface area contributed by atoms with E-state index in [4.69, 9.17) is 4.74 Å². The Hall–Kier alpha value is -1.94. The fourth-order valence-corrected chi connectivity index (χ4v) is 2.17. The summed E-state index contributed by atoms with van der Waals surface area (Å²) >= 11 is 0. The number of nitrogens with zero attached hydrogens (tertiary/aromatic N) is 2. The van der Waals surface area contributed by atoms with E-state index in [0.29, 0.717) is 11.9 Å². The molecule has 4 nitrogen and oxygen atoms in total. The van der Waals surface area contributed by atoms with Gasteiger partial charge in [0.05, 0.1) is 11.9 Å². The van der Waals surface area contributed by atoms with E-state index in [-0.39, 0.29) is 0 Å². The SMILES string of the molecule is Cc1cc(C)cc(Oc2cncc(CNC3CC3)n2)c1. The predicted molar refractivity (Wildman–Crippen MR) is 77.9 cm³/mol. The molecular weight excluding hydrogens is 250 g/mol. The highest BCUT2D eigenvalue weighted by Gasteiger charge is 2.20. The Labute approximate surface area is 119 Å². The van der Waals surface area contributed by atoms with Crippen LogP contribution in [-0.2, 0) is 6.54 Å². The van der Waals surface area contributed by atoms with Gasteiger partial charge in [-0.1, -0.05) is 6.07 Å². The molecule has 1 fully saturated rings. The minimum atomic E-state index is 0.546. The third kappa shape index (κ3) is 3.54. The fraction of sp³-hybridized carbons (Fsp3) is 0.375. The predicted octanol–water partition coefficient (Wildman–Crippen LogP) is 3.14.